The van der Waals surface area contributed by atoms with Crippen molar-refractivity contribution in [2.75, 3.05) is 20.2 Å². The van der Waals surface area contributed by atoms with Gasteiger partial charge in [0.05, 0.1) is 7.11 Å². The Kier molecular flexibility index (Phi) is 6.81. The first-order valence-electron chi connectivity index (χ1n) is 6.74. The fourth-order valence-corrected chi connectivity index (χ4v) is 1.99. The summed E-state index contributed by atoms with van der Waals surface area (Å²) in [4.78, 5) is 22.5. The highest BCUT2D eigenvalue weighted by Gasteiger charge is 2.19. The summed E-state index contributed by atoms with van der Waals surface area (Å²) >= 11 is 0. The van der Waals surface area contributed by atoms with Crippen LogP contribution in [0, 0.1) is 12.7 Å². The third kappa shape index (κ3) is 5.91. The van der Waals surface area contributed by atoms with Crippen molar-refractivity contribution in [3.63, 3.8) is 0 Å². The van der Waals surface area contributed by atoms with E-state index in [9.17, 15) is 14.0 Å². The number of nitrogens with one attached hydrogen (secondary N) is 2. The van der Waals surface area contributed by atoms with Gasteiger partial charge in [0.2, 0.25) is 5.91 Å². The van der Waals surface area contributed by atoms with Crippen LogP contribution < -0.4 is 10.6 Å². The first-order chi connectivity index (χ1) is 9.93. The molecule has 0 heterocycles. The normalized spacial score (nSPS) is 11.8. The number of carbonyl (C=O) groups excluding carboxylic acids is 2. The van der Waals surface area contributed by atoms with Crippen molar-refractivity contribution < 1.29 is 18.7 Å². The standard InChI is InChI=1S/C15H21FN2O3/c1-10-8-13(16)5-4-12(10)6-7-17-9-14(15(20)21-3)18-11(2)19/h4-5,8,14,17H,6-7,9H2,1-3H3,(H,18,19). The van der Waals surface area contributed by atoms with Crippen molar-refractivity contribution in [1.82, 2.24) is 10.6 Å². The molecule has 5 nitrogen and oxygen atoms in total. The number of hydrogen-bond acceptors (Lipinski definition) is 4. The molecular formula is C15H21FN2O3. The molecule has 1 atom stereocenters. The molecule has 1 aromatic carbocycles. The molecular weight excluding hydrogens is 275 g/mol. The smallest absolute Gasteiger partial charge is 0.329 e. The molecule has 0 radical (unpaired) electrons. The first-order valence-corrected chi connectivity index (χ1v) is 6.74. The summed E-state index contributed by atoms with van der Waals surface area (Å²) in [6.45, 7) is 4.09. The van der Waals surface area contributed by atoms with Crippen LogP contribution >= 0.6 is 0 Å². The van der Waals surface area contributed by atoms with Crippen LogP contribution in [0.5, 0.6) is 0 Å². The summed E-state index contributed by atoms with van der Waals surface area (Å²) in [5.41, 5.74) is 1.93. The van der Waals surface area contributed by atoms with E-state index in [1.165, 1.54) is 26.2 Å². The molecule has 1 unspecified atom stereocenters. The van der Waals surface area contributed by atoms with Gasteiger partial charge in [-0.15, -0.1) is 0 Å². The van der Waals surface area contributed by atoms with Crippen LogP contribution in [0.4, 0.5) is 4.39 Å². The molecule has 0 aliphatic heterocycles. The number of esters is 1. The van der Waals surface area contributed by atoms with Gasteiger partial charge in [-0.3, -0.25) is 4.79 Å². The molecule has 6 heteroatoms. The molecule has 0 spiro atoms. The first kappa shape index (κ1) is 17.1. The van der Waals surface area contributed by atoms with Crippen LogP contribution in [-0.2, 0) is 20.7 Å². The van der Waals surface area contributed by atoms with Crippen LogP contribution in [-0.4, -0.2) is 38.1 Å². The predicted molar refractivity (Wildman–Crippen MR) is 77.3 cm³/mol. The predicted octanol–water partition coefficient (Wildman–Crippen LogP) is 0.944. The van der Waals surface area contributed by atoms with Crippen LogP contribution in [0.25, 0.3) is 0 Å². The third-order valence-electron chi connectivity index (χ3n) is 3.09. The summed E-state index contributed by atoms with van der Waals surface area (Å²) in [7, 11) is 1.28. The molecule has 1 rings (SSSR count). The Bertz CT molecular complexity index is 506. The van der Waals surface area contributed by atoms with Crippen molar-refractivity contribution in [3.8, 4) is 0 Å². The SMILES string of the molecule is COC(=O)C(CNCCc1ccc(F)cc1C)NC(C)=O. The Morgan fingerprint density at radius 2 is 2.10 bits per heavy atom. The molecule has 0 aliphatic rings. The number of amides is 1. The average molecular weight is 296 g/mol. The number of benzene rings is 1. The lowest BCUT2D eigenvalue weighted by Crippen LogP contribution is -2.47. The molecule has 21 heavy (non-hydrogen) atoms. The van der Waals surface area contributed by atoms with E-state index in [4.69, 9.17) is 0 Å². The van der Waals surface area contributed by atoms with Crippen molar-refractivity contribution in [2.24, 2.45) is 0 Å². The van der Waals surface area contributed by atoms with Gasteiger partial charge in [-0.2, -0.15) is 0 Å². The Labute approximate surface area is 123 Å². The third-order valence-corrected chi connectivity index (χ3v) is 3.09. The quantitative estimate of drug-likeness (QED) is 0.580. The molecule has 0 saturated heterocycles. The van der Waals surface area contributed by atoms with Gasteiger partial charge >= 0.3 is 5.97 Å². The molecule has 0 fully saturated rings. The number of aryl methyl sites for hydroxylation is 1. The maximum Gasteiger partial charge on any atom is 0.329 e. The summed E-state index contributed by atoms with van der Waals surface area (Å²) in [6.07, 6.45) is 0.708. The van der Waals surface area contributed by atoms with Crippen LogP contribution in [0.1, 0.15) is 18.1 Å². The Morgan fingerprint density at radius 3 is 2.67 bits per heavy atom. The largest absolute Gasteiger partial charge is 0.467 e. The van der Waals surface area contributed by atoms with Crippen LogP contribution in [0.15, 0.2) is 18.2 Å². The number of halogens is 1. The second-order valence-electron chi connectivity index (χ2n) is 4.80. The van der Waals surface area contributed by atoms with Crippen LogP contribution in [0.2, 0.25) is 0 Å². The minimum absolute atomic E-state index is 0.249. The molecule has 116 valence electrons. The van der Waals surface area contributed by atoms with Gasteiger partial charge < -0.3 is 15.4 Å². The van der Waals surface area contributed by atoms with E-state index >= 15 is 0 Å². The van der Waals surface area contributed by atoms with Gasteiger partial charge in [-0.1, -0.05) is 6.07 Å². The maximum absolute atomic E-state index is 13.0. The van der Waals surface area contributed by atoms with E-state index in [1.807, 2.05) is 6.92 Å². The Hall–Kier alpha value is -1.95. The summed E-state index contributed by atoms with van der Waals surface area (Å²) in [6, 6.07) is 3.96. The van der Waals surface area contributed by atoms with E-state index in [0.29, 0.717) is 13.0 Å². The van der Waals surface area contributed by atoms with Gasteiger partial charge in [0.25, 0.3) is 0 Å². The van der Waals surface area contributed by atoms with Crippen molar-refractivity contribution in [2.45, 2.75) is 26.3 Å². The second kappa shape index (κ2) is 8.36. The lowest BCUT2D eigenvalue weighted by molar-refractivity contribution is -0.144. The number of hydrogen-bond donors (Lipinski definition) is 2. The van der Waals surface area contributed by atoms with Gasteiger partial charge in [0.1, 0.15) is 11.9 Å². The maximum atomic E-state index is 13.0. The summed E-state index contributed by atoms with van der Waals surface area (Å²) in [5.74, 6) is -1.03. The number of methoxy groups -OCH3 is 1. The zero-order valence-corrected chi connectivity index (χ0v) is 12.5. The number of ether oxygens (including phenoxy) is 1. The van der Waals surface area contributed by atoms with Crippen molar-refractivity contribution in [3.05, 3.63) is 35.1 Å². The average Bonchev–Trinajstić information content (AvgIpc) is 2.42. The molecule has 1 aromatic rings. The molecule has 0 bridgehead atoms. The fourth-order valence-electron chi connectivity index (χ4n) is 1.99. The number of carbonyl (C=O) groups is 2. The number of rotatable bonds is 7. The van der Waals surface area contributed by atoms with Gasteiger partial charge in [0, 0.05) is 13.5 Å². The minimum atomic E-state index is -0.707. The summed E-state index contributed by atoms with van der Waals surface area (Å²) in [5, 5.41) is 5.61. The molecule has 1 amide bonds. The zero-order chi connectivity index (χ0) is 15.8. The Morgan fingerprint density at radius 1 is 1.38 bits per heavy atom. The molecule has 2 N–H and O–H groups in total. The fraction of sp³-hybridized carbons (Fsp3) is 0.467. The van der Waals surface area contributed by atoms with Crippen molar-refractivity contribution >= 4 is 11.9 Å². The highest BCUT2D eigenvalue weighted by atomic mass is 19.1. The lowest BCUT2D eigenvalue weighted by Gasteiger charge is -2.16. The monoisotopic (exact) mass is 296 g/mol. The Balaban J connectivity index is 2.43. The van der Waals surface area contributed by atoms with E-state index in [0.717, 1.165) is 11.1 Å². The lowest BCUT2D eigenvalue weighted by atomic mass is 10.1. The van der Waals surface area contributed by atoms with Gasteiger partial charge in [0.15, 0.2) is 0 Å². The van der Waals surface area contributed by atoms with Crippen LogP contribution in [0.3, 0.4) is 0 Å². The van der Waals surface area contributed by atoms with E-state index < -0.39 is 12.0 Å². The zero-order valence-electron chi connectivity index (χ0n) is 12.5. The highest BCUT2D eigenvalue weighted by molar-refractivity contribution is 5.83. The minimum Gasteiger partial charge on any atom is -0.467 e. The summed E-state index contributed by atoms with van der Waals surface area (Å²) < 4.78 is 17.6. The second-order valence-corrected chi connectivity index (χ2v) is 4.80. The van der Waals surface area contributed by atoms with E-state index in [2.05, 4.69) is 15.4 Å². The van der Waals surface area contributed by atoms with E-state index in [1.54, 1.807) is 6.07 Å². The van der Waals surface area contributed by atoms with Crippen molar-refractivity contribution in [1.29, 1.82) is 0 Å². The topological polar surface area (TPSA) is 67.4 Å². The molecule has 0 aromatic heterocycles. The van der Waals surface area contributed by atoms with Gasteiger partial charge in [-0.05, 0) is 43.1 Å². The van der Waals surface area contributed by atoms with Gasteiger partial charge in [-0.25, -0.2) is 9.18 Å². The molecule has 0 aliphatic carbocycles. The highest BCUT2D eigenvalue weighted by Crippen LogP contribution is 2.10. The molecule has 0 saturated carbocycles. The van der Waals surface area contributed by atoms with E-state index in [-0.39, 0.29) is 18.3 Å².